The van der Waals surface area contributed by atoms with Gasteiger partial charge in [0.2, 0.25) is 0 Å². The molecule has 0 N–H and O–H groups in total. The van der Waals surface area contributed by atoms with Gasteiger partial charge in [0.05, 0.1) is 17.4 Å². The number of benzene rings is 1. The fraction of sp³-hybridized carbons (Fsp3) is 0.143. The van der Waals surface area contributed by atoms with Gasteiger partial charge in [0.25, 0.3) is 0 Å². The van der Waals surface area contributed by atoms with Crippen molar-refractivity contribution in [3.8, 4) is 11.1 Å². The maximum Gasteiger partial charge on any atom is 0.0958 e. The molecule has 84 valence electrons. The highest BCUT2D eigenvalue weighted by atomic mass is 15.0. The number of rotatable bonds is 2. The third kappa shape index (κ3) is 1.69. The molecule has 3 nitrogen and oxygen atoms in total. The molecule has 0 radical (unpaired) electrons. The van der Waals surface area contributed by atoms with Gasteiger partial charge >= 0.3 is 0 Å². The molecule has 0 aliphatic rings. The first-order valence-electron chi connectivity index (χ1n) is 5.74. The summed E-state index contributed by atoms with van der Waals surface area (Å²) in [5, 5.41) is 0. The van der Waals surface area contributed by atoms with Crippen LogP contribution in [0.4, 0.5) is 0 Å². The molecule has 3 aromatic rings. The summed E-state index contributed by atoms with van der Waals surface area (Å²) >= 11 is 0. The van der Waals surface area contributed by atoms with Gasteiger partial charge in [-0.1, -0.05) is 12.1 Å². The maximum absolute atomic E-state index is 4.42. The lowest BCUT2D eigenvalue weighted by Gasteiger charge is -2.02. The second-order valence-electron chi connectivity index (χ2n) is 3.98. The topological polar surface area (TPSA) is 30.7 Å². The first-order valence-corrected chi connectivity index (χ1v) is 5.74. The van der Waals surface area contributed by atoms with Gasteiger partial charge in [-0.15, -0.1) is 0 Å². The summed E-state index contributed by atoms with van der Waals surface area (Å²) in [5.41, 5.74) is 4.50. The van der Waals surface area contributed by atoms with E-state index < -0.39 is 0 Å². The summed E-state index contributed by atoms with van der Waals surface area (Å²) < 4.78 is 2.14. The quantitative estimate of drug-likeness (QED) is 0.668. The zero-order chi connectivity index (χ0) is 11.7. The fourth-order valence-corrected chi connectivity index (χ4v) is 2.03. The molecule has 0 fully saturated rings. The van der Waals surface area contributed by atoms with E-state index in [9.17, 15) is 0 Å². The zero-order valence-corrected chi connectivity index (χ0v) is 9.67. The summed E-state index contributed by atoms with van der Waals surface area (Å²) in [7, 11) is 0. The molecule has 2 aromatic heterocycles. The first kappa shape index (κ1) is 10.0. The van der Waals surface area contributed by atoms with E-state index in [2.05, 4.69) is 45.7 Å². The number of aromatic nitrogens is 3. The van der Waals surface area contributed by atoms with Gasteiger partial charge in [0, 0.05) is 24.5 Å². The van der Waals surface area contributed by atoms with Crippen LogP contribution < -0.4 is 0 Å². The molecule has 0 spiro atoms. The van der Waals surface area contributed by atoms with Crippen LogP contribution in [0.2, 0.25) is 0 Å². The molecule has 2 heterocycles. The minimum Gasteiger partial charge on any atom is -0.331 e. The van der Waals surface area contributed by atoms with Crippen LogP contribution >= 0.6 is 0 Å². The molecular weight excluding hydrogens is 210 g/mol. The molecule has 0 aliphatic heterocycles. The number of fused-ring (bicyclic) bond motifs is 1. The molecule has 0 saturated carbocycles. The molecule has 0 aliphatic carbocycles. The molecular formula is C14H13N3. The molecule has 0 amide bonds. The van der Waals surface area contributed by atoms with Crippen molar-refractivity contribution < 1.29 is 0 Å². The van der Waals surface area contributed by atoms with Crippen molar-refractivity contribution in [2.45, 2.75) is 13.5 Å². The molecule has 0 bridgehead atoms. The summed E-state index contributed by atoms with van der Waals surface area (Å²) in [6.45, 7) is 3.07. The Labute approximate surface area is 99.8 Å². The van der Waals surface area contributed by atoms with E-state index in [0.717, 1.165) is 23.2 Å². The van der Waals surface area contributed by atoms with Crippen LogP contribution in [0.3, 0.4) is 0 Å². The second-order valence-corrected chi connectivity index (χ2v) is 3.98. The lowest BCUT2D eigenvalue weighted by molar-refractivity contribution is 0.787. The maximum atomic E-state index is 4.42. The first-order chi connectivity index (χ1) is 8.38. The number of nitrogens with zero attached hydrogens (tertiary/aromatic N) is 3. The van der Waals surface area contributed by atoms with Crippen LogP contribution in [0.5, 0.6) is 0 Å². The Kier molecular flexibility index (Phi) is 2.37. The lowest BCUT2D eigenvalue weighted by Crippen LogP contribution is -1.90. The number of hydrogen-bond acceptors (Lipinski definition) is 2. The van der Waals surface area contributed by atoms with Crippen LogP contribution in [0.15, 0.2) is 49.1 Å². The van der Waals surface area contributed by atoms with E-state index in [-0.39, 0.29) is 0 Å². The summed E-state index contributed by atoms with van der Waals surface area (Å²) in [4.78, 5) is 8.56. The average molecular weight is 223 g/mol. The third-order valence-corrected chi connectivity index (χ3v) is 2.96. The average Bonchev–Trinajstić information content (AvgIpc) is 2.81. The highest BCUT2D eigenvalue weighted by Gasteiger charge is 2.03. The Balaban J connectivity index is 2.15. The minimum atomic E-state index is 0.947. The van der Waals surface area contributed by atoms with Crippen LogP contribution in [0.1, 0.15) is 6.92 Å². The SMILES string of the molecule is CCn1cnc2cc(-c3cccnc3)ccc21. The van der Waals surface area contributed by atoms with Gasteiger partial charge in [0.15, 0.2) is 0 Å². The molecule has 3 heteroatoms. The predicted octanol–water partition coefficient (Wildman–Crippen LogP) is 3.12. The van der Waals surface area contributed by atoms with Gasteiger partial charge < -0.3 is 4.57 Å². The summed E-state index contributed by atoms with van der Waals surface area (Å²) in [6, 6.07) is 10.4. The Hall–Kier alpha value is -2.16. The van der Waals surface area contributed by atoms with Gasteiger partial charge in [-0.25, -0.2) is 4.98 Å². The van der Waals surface area contributed by atoms with E-state index >= 15 is 0 Å². The standard InChI is InChI=1S/C14H13N3/c1-2-17-10-16-13-8-11(5-6-14(13)17)12-4-3-7-15-9-12/h3-10H,2H2,1H3. The minimum absolute atomic E-state index is 0.947. The van der Waals surface area contributed by atoms with Crippen LogP contribution in [0, 0.1) is 0 Å². The normalized spacial score (nSPS) is 10.9. The molecule has 0 unspecified atom stereocenters. The molecule has 1 aromatic carbocycles. The Morgan fingerprint density at radius 2 is 2.12 bits per heavy atom. The number of aryl methyl sites for hydroxylation is 1. The molecule has 0 saturated heterocycles. The van der Waals surface area contributed by atoms with Crippen LogP contribution in [-0.2, 0) is 6.54 Å². The van der Waals surface area contributed by atoms with E-state index in [1.807, 2.05) is 18.6 Å². The Morgan fingerprint density at radius 1 is 1.18 bits per heavy atom. The van der Waals surface area contributed by atoms with Gasteiger partial charge in [-0.2, -0.15) is 0 Å². The Bertz CT molecular complexity index is 641. The van der Waals surface area contributed by atoms with Crippen molar-refractivity contribution in [1.29, 1.82) is 0 Å². The smallest absolute Gasteiger partial charge is 0.0958 e. The molecule has 3 rings (SSSR count). The van der Waals surface area contributed by atoms with Crippen molar-refractivity contribution in [3.05, 3.63) is 49.1 Å². The Morgan fingerprint density at radius 3 is 2.88 bits per heavy atom. The van der Waals surface area contributed by atoms with Gasteiger partial charge in [0.1, 0.15) is 0 Å². The van der Waals surface area contributed by atoms with E-state index in [1.165, 1.54) is 5.52 Å². The number of imidazole rings is 1. The van der Waals surface area contributed by atoms with E-state index in [1.54, 1.807) is 6.20 Å². The number of hydrogen-bond donors (Lipinski definition) is 0. The second kappa shape index (κ2) is 4.01. The van der Waals surface area contributed by atoms with Crippen molar-refractivity contribution in [2.75, 3.05) is 0 Å². The monoisotopic (exact) mass is 223 g/mol. The largest absolute Gasteiger partial charge is 0.331 e. The molecule has 0 atom stereocenters. The molecule has 17 heavy (non-hydrogen) atoms. The predicted molar refractivity (Wildman–Crippen MR) is 68.6 cm³/mol. The summed E-state index contributed by atoms with van der Waals surface area (Å²) in [6.07, 6.45) is 5.55. The van der Waals surface area contributed by atoms with Crippen LogP contribution in [-0.4, -0.2) is 14.5 Å². The van der Waals surface area contributed by atoms with E-state index in [4.69, 9.17) is 0 Å². The lowest BCUT2D eigenvalue weighted by atomic mass is 10.1. The van der Waals surface area contributed by atoms with E-state index in [0.29, 0.717) is 0 Å². The highest BCUT2D eigenvalue weighted by molar-refractivity contribution is 5.81. The fourth-order valence-electron chi connectivity index (χ4n) is 2.03. The van der Waals surface area contributed by atoms with Crippen molar-refractivity contribution in [3.63, 3.8) is 0 Å². The third-order valence-electron chi connectivity index (χ3n) is 2.96. The van der Waals surface area contributed by atoms with Crippen molar-refractivity contribution in [2.24, 2.45) is 0 Å². The van der Waals surface area contributed by atoms with Gasteiger partial charge in [-0.3, -0.25) is 4.98 Å². The number of pyridine rings is 1. The van der Waals surface area contributed by atoms with Gasteiger partial charge in [-0.05, 0) is 30.7 Å². The van der Waals surface area contributed by atoms with Crippen molar-refractivity contribution in [1.82, 2.24) is 14.5 Å². The zero-order valence-electron chi connectivity index (χ0n) is 9.67. The highest BCUT2D eigenvalue weighted by Crippen LogP contribution is 2.22. The van der Waals surface area contributed by atoms with Crippen molar-refractivity contribution >= 4 is 11.0 Å². The summed E-state index contributed by atoms with van der Waals surface area (Å²) in [5.74, 6) is 0. The van der Waals surface area contributed by atoms with Crippen LogP contribution in [0.25, 0.3) is 22.2 Å².